The van der Waals surface area contributed by atoms with Crippen LogP contribution < -0.4 is 0 Å². The van der Waals surface area contributed by atoms with E-state index in [9.17, 15) is 18.0 Å². The molecule has 3 rings (SSSR count). The molecular weight excluding hydrogens is 407 g/mol. The zero-order valence-corrected chi connectivity index (χ0v) is 17.4. The van der Waals surface area contributed by atoms with E-state index in [0.29, 0.717) is 31.2 Å². The number of aryl methyl sites for hydroxylation is 1. The first-order chi connectivity index (χ1) is 14.8. The van der Waals surface area contributed by atoms with Crippen molar-refractivity contribution in [2.24, 2.45) is 0 Å². The Hall–Kier alpha value is -3.16. The Bertz CT molecular complexity index is 996. The van der Waals surface area contributed by atoms with Gasteiger partial charge in [0.05, 0.1) is 5.56 Å². The molecule has 1 heterocycles. The highest BCUT2D eigenvalue weighted by atomic mass is 19.4. The lowest BCUT2D eigenvalue weighted by molar-refractivity contribution is -0.137. The molecular formula is C23H24F3N3O2. The lowest BCUT2D eigenvalue weighted by atomic mass is 10.1. The first-order valence-electron chi connectivity index (χ1n) is 10.1. The number of hydrogen-bond acceptors (Lipinski definition) is 4. The summed E-state index contributed by atoms with van der Waals surface area (Å²) in [4.78, 5) is 18.9. The number of rotatable bonds is 8. The molecule has 0 aliphatic heterocycles. The molecule has 0 spiro atoms. The number of hydrogen-bond donors (Lipinski definition) is 0. The molecule has 2 aromatic carbocycles. The summed E-state index contributed by atoms with van der Waals surface area (Å²) in [6.07, 6.45) is -2.41. The fourth-order valence-electron chi connectivity index (χ4n) is 3.06. The van der Waals surface area contributed by atoms with Crippen molar-refractivity contribution in [2.45, 2.75) is 39.3 Å². The lowest BCUT2D eigenvalue weighted by Gasteiger charge is -2.22. The summed E-state index contributed by atoms with van der Waals surface area (Å²) in [5.74, 6) is 0.557. The van der Waals surface area contributed by atoms with Crippen molar-refractivity contribution in [3.63, 3.8) is 0 Å². The predicted octanol–water partition coefficient (Wildman–Crippen LogP) is 5.55. The van der Waals surface area contributed by atoms with Gasteiger partial charge in [0.15, 0.2) is 0 Å². The van der Waals surface area contributed by atoms with Crippen molar-refractivity contribution in [3.8, 4) is 11.4 Å². The molecule has 0 radical (unpaired) electrons. The molecule has 1 aromatic heterocycles. The van der Waals surface area contributed by atoms with E-state index in [1.807, 2.05) is 38.1 Å². The molecule has 0 bridgehead atoms. The summed E-state index contributed by atoms with van der Waals surface area (Å²) in [5, 5.41) is 4.00. The molecule has 5 nitrogen and oxygen atoms in total. The Morgan fingerprint density at radius 3 is 2.32 bits per heavy atom. The highest BCUT2D eigenvalue weighted by Gasteiger charge is 2.30. The summed E-state index contributed by atoms with van der Waals surface area (Å²) in [5.41, 5.74) is 1.40. The summed E-state index contributed by atoms with van der Waals surface area (Å²) in [6, 6.07) is 12.0. The van der Waals surface area contributed by atoms with E-state index >= 15 is 0 Å². The van der Waals surface area contributed by atoms with Gasteiger partial charge in [0.25, 0.3) is 5.91 Å². The largest absolute Gasteiger partial charge is 0.416 e. The molecule has 31 heavy (non-hydrogen) atoms. The average Bonchev–Trinajstić information content (AvgIpc) is 3.22. The molecule has 1 amide bonds. The Morgan fingerprint density at radius 2 is 1.71 bits per heavy atom. The van der Waals surface area contributed by atoms with Crippen molar-refractivity contribution < 1.29 is 22.5 Å². The number of halogens is 3. The highest BCUT2D eigenvalue weighted by Crippen LogP contribution is 2.29. The van der Waals surface area contributed by atoms with Crippen molar-refractivity contribution >= 4 is 5.91 Å². The van der Waals surface area contributed by atoms with Crippen LogP contribution in [0.2, 0.25) is 0 Å². The number of unbranched alkanes of at least 4 members (excludes halogenated alkanes) is 1. The van der Waals surface area contributed by atoms with Crippen LogP contribution in [0.1, 0.15) is 47.1 Å². The second kappa shape index (κ2) is 9.76. The molecule has 0 saturated carbocycles. The number of amides is 1. The number of nitrogens with zero attached hydrogens (tertiary/aromatic N) is 3. The predicted molar refractivity (Wildman–Crippen MR) is 110 cm³/mol. The molecule has 0 atom stereocenters. The van der Waals surface area contributed by atoms with Crippen molar-refractivity contribution in [2.75, 3.05) is 13.1 Å². The van der Waals surface area contributed by atoms with E-state index < -0.39 is 11.7 Å². The summed E-state index contributed by atoms with van der Waals surface area (Å²) >= 11 is 0. The highest BCUT2D eigenvalue weighted by molar-refractivity contribution is 5.94. The van der Waals surface area contributed by atoms with Gasteiger partial charge in [0.2, 0.25) is 11.7 Å². The van der Waals surface area contributed by atoms with E-state index in [1.165, 1.54) is 12.1 Å². The third-order valence-electron chi connectivity index (χ3n) is 4.90. The van der Waals surface area contributed by atoms with Crippen LogP contribution in [0, 0.1) is 6.92 Å². The van der Waals surface area contributed by atoms with E-state index in [2.05, 4.69) is 10.1 Å². The van der Waals surface area contributed by atoms with Gasteiger partial charge in [-0.1, -0.05) is 48.3 Å². The van der Waals surface area contributed by atoms with Gasteiger partial charge in [-0.3, -0.25) is 4.79 Å². The SMILES string of the molecule is CCCCN(CCc1nc(-c2ccc(C)cc2)no1)C(=O)c1ccc(C(F)(F)F)cc1. The second-order valence-electron chi connectivity index (χ2n) is 7.35. The first kappa shape index (κ1) is 22.5. The van der Waals surface area contributed by atoms with Crippen LogP contribution >= 0.6 is 0 Å². The van der Waals surface area contributed by atoms with Gasteiger partial charge in [0, 0.05) is 30.6 Å². The summed E-state index contributed by atoms with van der Waals surface area (Å²) in [6.45, 7) is 4.82. The van der Waals surface area contributed by atoms with Crippen LogP contribution in [0.15, 0.2) is 53.1 Å². The Morgan fingerprint density at radius 1 is 1.03 bits per heavy atom. The van der Waals surface area contributed by atoms with Gasteiger partial charge < -0.3 is 9.42 Å². The maximum atomic E-state index is 12.9. The van der Waals surface area contributed by atoms with Crippen molar-refractivity contribution in [1.29, 1.82) is 0 Å². The number of alkyl halides is 3. The monoisotopic (exact) mass is 431 g/mol. The minimum atomic E-state index is -4.43. The van der Waals surface area contributed by atoms with Gasteiger partial charge in [-0.2, -0.15) is 18.2 Å². The van der Waals surface area contributed by atoms with Gasteiger partial charge in [0.1, 0.15) is 0 Å². The van der Waals surface area contributed by atoms with E-state index in [1.54, 1.807) is 4.90 Å². The van der Waals surface area contributed by atoms with E-state index in [-0.39, 0.29) is 11.5 Å². The molecule has 0 fully saturated rings. The number of carbonyl (C=O) groups excluding carboxylic acids is 1. The van der Waals surface area contributed by atoms with Gasteiger partial charge >= 0.3 is 6.18 Å². The molecule has 164 valence electrons. The Labute approximate surface area is 178 Å². The Kier molecular flexibility index (Phi) is 7.09. The fraction of sp³-hybridized carbons (Fsp3) is 0.348. The summed E-state index contributed by atoms with van der Waals surface area (Å²) < 4.78 is 43.7. The van der Waals surface area contributed by atoms with Crippen LogP contribution in [0.25, 0.3) is 11.4 Å². The quantitative estimate of drug-likeness (QED) is 0.469. The molecule has 0 unspecified atom stereocenters. The smallest absolute Gasteiger partial charge is 0.339 e. The van der Waals surface area contributed by atoms with Crippen molar-refractivity contribution in [3.05, 3.63) is 71.1 Å². The minimum Gasteiger partial charge on any atom is -0.339 e. The van der Waals surface area contributed by atoms with Gasteiger partial charge in [-0.15, -0.1) is 0 Å². The number of carbonyl (C=O) groups is 1. The third-order valence-corrected chi connectivity index (χ3v) is 4.90. The topological polar surface area (TPSA) is 59.2 Å². The normalized spacial score (nSPS) is 11.5. The second-order valence-corrected chi connectivity index (χ2v) is 7.35. The first-order valence-corrected chi connectivity index (χ1v) is 10.1. The van der Waals surface area contributed by atoms with E-state index in [4.69, 9.17) is 4.52 Å². The minimum absolute atomic E-state index is 0.218. The van der Waals surface area contributed by atoms with Crippen LogP contribution in [-0.2, 0) is 12.6 Å². The van der Waals surface area contributed by atoms with Crippen LogP contribution in [-0.4, -0.2) is 34.0 Å². The molecule has 3 aromatic rings. The zero-order valence-electron chi connectivity index (χ0n) is 17.4. The number of aromatic nitrogens is 2. The summed E-state index contributed by atoms with van der Waals surface area (Å²) in [7, 11) is 0. The van der Waals surface area contributed by atoms with Gasteiger partial charge in [-0.05, 0) is 37.6 Å². The molecule has 0 aliphatic carbocycles. The molecule has 0 aliphatic rings. The molecule has 0 N–H and O–H groups in total. The zero-order chi connectivity index (χ0) is 22.4. The van der Waals surface area contributed by atoms with E-state index in [0.717, 1.165) is 36.1 Å². The van der Waals surface area contributed by atoms with Crippen LogP contribution in [0.4, 0.5) is 13.2 Å². The standard InChI is InChI=1S/C23H24F3N3O2/c1-3-4-14-29(22(30)18-9-11-19(12-10-18)23(24,25)26)15-13-20-27-21(28-31-20)17-7-5-16(2)6-8-17/h5-12H,3-4,13-15H2,1-2H3. The molecule has 0 saturated heterocycles. The molecule has 8 heteroatoms. The fourth-order valence-corrected chi connectivity index (χ4v) is 3.06. The number of benzene rings is 2. The van der Waals surface area contributed by atoms with Gasteiger partial charge in [-0.25, -0.2) is 0 Å². The lowest BCUT2D eigenvalue weighted by Crippen LogP contribution is -2.34. The van der Waals surface area contributed by atoms with Crippen LogP contribution in [0.3, 0.4) is 0 Å². The van der Waals surface area contributed by atoms with Crippen molar-refractivity contribution in [1.82, 2.24) is 15.0 Å². The average molecular weight is 431 g/mol. The third kappa shape index (κ3) is 5.93. The Balaban J connectivity index is 1.68. The maximum Gasteiger partial charge on any atom is 0.416 e. The van der Waals surface area contributed by atoms with Crippen LogP contribution in [0.5, 0.6) is 0 Å². The maximum absolute atomic E-state index is 12.9.